The van der Waals surface area contributed by atoms with Gasteiger partial charge in [0.15, 0.2) is 0 Å². The first kappa shape index (κ1) is 17.6. The maximum Gasteiger partial charge on any atom is 0.356 e. The Kier molecular flexibility index (Phi) is 6.39. The third-order valence-corrected chi connectivity index (χ3v) is 3.20. The summed E-state index contributed by atoms with van der Waals surface area (Å²) in [6.45, 7) is 2.86. The van der Waals surface area contributed by atoms with Crippen molar-refractivity contribution in [1.82, 2.24) is 4.98 Å². The molecule has 0 radical (unpaired) electrons. The summed E-state index contributed by atoms with van der Waals surface area (Å²) in [5.41, 5.74) is 1.41. The van der Waals surface area contributed by atoms with Crippen molar-refractivity contribution in [3.63, 3.8) is 0 Å². The number of esters is 2. The predicted molar refractivity (Wildman–Crippen MR) is 88.6 cm³/mol. The number of aromatic nitrogens is 1. The number of rotatable bonds is 8. The molecule has 0 aliphatic rings. The fourth-order valence-corrected chi connectivity index (χ4v) is 2.06. The number of ether oxygens (including phenoxy) is 3. The molecule has 0 fully saturated rings. The van der Waals surface area contributed by atoms with Crippen LogP contribution in [0.5, 0.6) is 0 Å². The molecule has 1 aromatic carbocycles. The number of hydrogen-bond donors (Lipinski definition) is 2. The molecule has 128 valence electrons. The number of methoxy groups -OCH3 is 1. The van der Waals surface area contributed by atoms with Crippen molar-refractivity contribution >= 4 is 23.3 Å². The van der Waals surface area contributed by atoms with E-state index in [1.165, 1.54) is 13.3 Å². The Bertz CT molecular complexity index is 682. The van der Waals surface area contributed by atoms with Gasteiger partial charge in [-0.2, -0.15) is 0 Å². The third kappa shape index (κ3) is 4.36. The molecular weight excluding hydrogens is 312 g/mol. The molecule has 0 bridgehead atoms. The number of para-hydroxylation sites is 1. The molecule has 0 unspecified atom stereocenters. The number of H-pyrrole nitrogens is 1. The van der Waals surface area contributed by atoms with E-state index < -0.39 is 11.9 Å². The summed E-state index contributed by atoms with van der Waals surface area (Å²) < 4.78 is 15.0. The minimum atomic E-state index is -0.582. The van der Waals surface area contributed by atoms with Crippen LogP contribution in [0, 0.1) is 0 Å². The van der Waals surface area contributed by atoms with E-state index in [0.29, 0.717) is 18.9 Å². The topological polar surface area (TPSA) is 89.7 Å². The lowest BCUT2D eigenvalue weighted by Gasteiger charge is -2.10. The maximum atomic E-state index is 12.3. The summed E-state index contributed by atoms with van der Waals surface area (Å²) in [5.74, 6) is -1.14. The predicted octanol–water partition coefficient (Wildman–Crippen LogP) is 2.74. The Hall–Kier alpha value is -2.80. The van der Waals surface area contributed by atoms with Crippen molar-refractivity contribution < 1.29 is 23.8 Å². The lowest BCUT2D eigenvalue weighted by Crippen LogP contribution is -2.12. The number of benzene rings is 1. The normalized spacial score (nSPS) is 10.2. The lowest BCUT2D eigenvalue weighted by molar-refractivity contribution is 0.0336. The number of aromatic amines is 1. The van der Waals surface area contributed by atoms with Gasteiger partial charge in [0.05, 0.1) is 19.4 Å². The number of carbonyl (C=O) groups is 2. The van der Waals surface area contributed by atoms with E-state index in [4.69, 9.17) is 14.2 Å². The van der Waals surface area contributed by atoms with Crippen molar-refractivity contribution in [2.24, 2.45) is 0 Å². The van der Waals surface area contributed by atoms with Crippen LogP contribution >= 0.6 is 0 Å². The zero-order chi connectivity index (χ0) is 17.4. The molecule has 0 saturated carbocycles. The van der Waals surface area contributed by atoms with Crippen LogP contribution in [0.3, 0.4) is 0 Å². The van der Waals surface area contributed by atoms with Crippen LogP contribution in [-0.4, -0.2) is 43.9 Å². The standard InChI is InChI=1S/C17H20N2O5/c1-3-23-9-10-24-16(20)13-11-18-15(17(21)22-2)14(13)19-12-7-5-4-6-8-12/h4-8,11,18-19H,3,9-10H2,1-2H3. The molecule has 1 heterocycles. The molecule has 0 aliphatic heterocycles. The average molecular weight is 332 g/mol. The molecule has 1 aromatic heterocycles. The molecule has 0 spiro atoms. The number of carbonyl (C=O) groups excluding carboxylic acids is 2. The van der Waals surface area contributed by atoms with E-state index in [9.17, 15) is 9.59 Å². The summed E-state index contributed by atoms with van der Waals surface area (Å²) >= 11 is 0. The second-order valence-electron chi connectivity index (χ2n) is 4.77. The van der Waals surface area contributed by atoms with Gasteiger partial charge in [-0.05, 0) is 19.1 Å². The molecular formula is C17H20N2O5. The summed E-state index contributed by atoms with van der Waals surface area (Å²) in [6.07, 6.45) is 1.42. The first-order valence-corrected chi connectivity index (χ1v) is 7.54. The van der Waals surface area contributed by atoms with Crippen molar-refractivity contribution in [2.45, 2.75) is 6.92 Å². The maximum absolute atomic E-state index is 12.3. The van der Waals surface area contributed by atoms with Crippen LogP contribution in [0.1, 0.15) is 27.8 Å². The Morgan fingerprint density at radius 2 is 1.88 bits per heavy atom. The first-order chi connectivity index (χ1) is 11.7. The monoisotopic (exact) mass is 332 g/mol. The molecule has 0 atom stereocenters. The Balaban J connectivity index is 2.22. The minimum Gasteiger partial charge on any atom is -0.464 e. The Morgan fingerprint density at radius 1 is 1.12 bits per heavy atom. The molecule has 7 nitrogen and oxygen atoms in total. The highest BCUT2D eigenvalue weighted by atomic mass is 16.6. The van der Waals surface area contributed by atoms with Crippen molar-refractivity contribution in [1.29, 1.82) is 0 Å². The zero-order valence-electron chi connectivity index (χ0n) is 13.6. The molecule has 0 aliphatic carbocycles. The largest absolute Gasteiger partial charge is 0.464 e. The van der Waals surface area contributed by atoms with E-state index in [0.717, 1.165) is 5.69 Å². The van der Waals surface area contributed by atoms with Gasteiger partial charge < -0.3 is 24.5 Å². The van der Waals surface area contributed by atoms with Crippen LogP contribution in [-0.2, 0) is 14.2 Å². The molecule has 7 heteroatoms. The Labute approximate surface area is 139 Å². The summed E-state index contributed by atoms with van der Waals surface area (Å²) in [5, 5.41) is 3.05. The van der Waals surface area contributed by atoms with Crippen LogP contribution in [0.15, 0.2) is 36.5 Å². The van der Waals surface area contributed by atoms with Crippen LogP contribution in [0.25, 0.3) is 0 Å². The number of nitrogens with one attached hydrogen (secondary N) is 2. The van der Waals surface area contributed by atoms with E-state index >= 15 is 0 Å². The van der Waals surface area contributed by atoms with Crippen molar-refractivity contribution in [3.05, 3.63) is 47.8 Å². The SMILES string of the molecule is CCOCCOC(=O)c1c[nH]c(C(=O)OC)c1Nc1ccccc1. The summed E-state index contributed by atoms with van der Waals surface area (Å²) in [4.78, 5) is 26.9. The highest BCUT2D eigenvalue weighted by Crippen LogP contribution is 2.26. The summed E-state index contributed by atoms with van der Waals surface area (Å²) in [6, 6.07) is 9.18. The Morgan fingerprint density at radius 3 is 2.54 bits per heavy atom. The number of hydrogen-bond acceptors (Lipinski definition) is 6. The van der Waals surface area contributed by atoms with Gasteiger partial charge in [0.1, 0.15) is 17.9 Å². The van der Waals surface area contributed by atoms with Crippen LogP contribution in [0.4, 0.5) is 11.4 Å². The van der Waals surface area contributed by atoms with Gasteiger partial charge in [0.2, 0.25) is 0 Å². The van der Waals surface area contributed by atoms with E-state index in [1.54, 1.807) is 0 Å². The average Bonchev–Trinajstić information content (AvgIpc) is 3.02. The highest BCUT2D eigenvalue weighted by molar-refractivity contribution is 6.04. The van der Waals surface area contributed by atoms with E-state index in [-0.39, 0.29) is 17.9 Å². The van der Waals surface area contributed by atoms with Gasteiger partial charge in [-0.15, -0.1) is 0 Å². The van der Waals surface area contributed by atoms with Crippen LogP contribution in [0.2, 0.25) is 0 Å². The van der Waals surface area contributed by atoms with E-state index in [2.05, 4.69) is 10.3 Å². The molecule has 2 rings (SSSR count). The van der Waals surface area contributed by atoms with Gasteiger partial charge in [-0.3, -0.25) is 0 Å². The fourth-order valence-electron chi connectivity index (χ4n) is 2.06. The third-order valence-electron chi connectivity index (χ3n) is 3.20. The second-order valence-corrected chi connectivity index (χ2v) is 4.77. The highest BCUT2D eigenvalue weighted by Gasteiger charge is 2.23. The first-order valence-electron chi connectivity index (χ1n) is 7.54. The molecule has 24 heavy (non-hydrogen) atoms. The van der Waals surface area contributed by atoms with Gasteiger partial charge in [0, 0.05) is 18.5 Å². The molecule has 0 amide bonds. The molecule has 2 aromatic rings. The molecule has 0 saturated heterocycles. The molecule has 2 N–H and O–H groups in total. The van der Waals surface area contributed by atoms with Crippen molar-refractivity contribution in [2.75, 3.05) is 32.2 Å². The zero-order valence-corrected chi connectivity index (χ0v) is 13.6. The van der Waals surface area contributed by atoms with Crippen LogP contribution < -0.4 is 5.32 Å². The van der Waals surface area contributed by atoms with Gasteiger partial charge >= 0.3 is 11.9 Å². The summed E-state index contributed by atoms with van der Waals surface area (Å²) in [7, 11) is 1.27. The minimum absolute atomic E-state index is 0.135. The quantitative estimate of drug-likeness (QED) is 0.571. The van der Waals surface area contributed by atoms with Gasteiger partial charge in [-0.1, -0.05) is 18.2 Å². The van der Waals surface area contributed by atoms with Gasteiger partial charge in [0.25, 0.3) is 0 Å². The van der Waals surface area contributed by atoms with Gasteiger partial charge in [-0.25, -0.2) is 9.59 Å². The number of anilines is 2. The van der Waals surface area contributed by atoms with Crippen molar-refractivity contribution in [3.8, 4) is 0 Å². The fraction of sp³-hybridized carbons (Fsp3) is 0.294. The second kappa shape index (κ2) is 8.73. The smallest absolute Gasteiger partial charge is 0.356 e. The lowest BCUT2D eigenvalue weighted by atomic mass is 10.2. The van der Waals surface area contributed by atoms with E-state index in [1.807, 2.05) is 37.3 Å².